The largest absolute Gasteiger partial charge is 0.493 e. The molecule has 0 fully saturated rings. The van der Waals surface area contributed by atoms with Gasteiger partial charge in [-0.1, -0.05) is 53.2 Å². The highest BCUT2D eigenvalue weighted by Crippen LogP contribution is 2.29. The first-order valence-corrected chi connectivity index (χ1v) is 11.8. The van der Waals surface area contributed by atoms with Crippen LogP contribution in [0.15, 0.2) is 75.4 Å². The summed E-state index contributed by atoms with van der Waals surface area (Å²) in [6.07, 6.45) is 1.52. The molecule has 7 nitrogen and oxygen atoms in total. The van der Waals surface area contributed by atoms with Gasteiger partial charge in [0.2, 0.25) is 0 Å². The zero-order valence-corrected chi connectivity index (χ0v) is 20.3. The zero-order chi connectivity index (χ0) is 23.9. The summed E-state index contributed by atoms with van der Waals surface area (Å²) in [5.41, 5.74) is 5.53. The fourth-order valence-electron chi connectivity index (χ4n) is 2.93. The molecule has 0 aliphatic heterocycles. The van der Waals surface area contributed by atoms with Gasteiger partial charge in [0.05, 0.1) is 29.1 Å². The van der Waals surface area contributed by atoms with Crippen LogP contribution < -0.4 is 14.9 Å². The molecule has 0 saturated heterocycles. The summed E-state index contributed by atoms with van der Waals surface area (Å²) in [5.74, 6) is 0.929. The average molecular weight is 516 g/mol. The number of hydrazone groups is 1. The predicted molar refractivity (Wildman–Crippen MR) is 134 cm³/mol. The molecule has 1 amide bonds. The molecule has 174 valence electrons. The van der Waals surface area contributed by atoms with Crippen LogP contribution in [-0.4, -0.2) is 30.0 Å². The molecule has 34 heavy (non-hydrogen) atoms. The van der Waals surface area contributed by atoms with E-state index in [1.54, 1.807) is 37.4 Å². The highest BCUT2D eigenvalue weighted by molar-refractivity contribution is 7.99. The number of oxazole rings is 1. The highest BCUT2D eigenvalue weighted by Gasteiger charge is 2.09. The van der Waals surface area contributed by atoms with Crippen LogP contribution in [0, 0.1) is 0 Å². The lowest BCUT2D eigenvalue weighted by molar-refractivity contribution is -0.118. The number of thioether (sulfide) groups is 1. The van der Waals surface area contributed by atoms with Crippen molar-refractivity contribution in [2.24, 2.45) is 5.10 Å². The third kappa shape index (κ3) is 6.22. The summed E-state index contributed by atoms with van der Waals surface area (Å²) < 4.78 is 16.8. The Morgan fingerprint density at radius 1 is 1.12 bits per heavy atom. The number of hydrogen-bond acceptors (Lipinski definition) is 7. The molecule has 10 heteroatoms. The van der Waals surface area contributed by atoms with E-state index >= 15 is 0 Å². The fourth-order valence-corrected chi connectivity index (χ4v) is 3.88. The number of carbonyl (C=O) groups is 1. The molecular weight excluding hydrogens is 497 g/mol. The Morgan fingerprint density at radius 2 is 1.97 bits per heavy atom. The van der Waals surface area contributed by atoms with E-state index < -0.39 is 0 Å². The summed E-state index contributed by atoms with van der Waals surface area (Å²) in [4.78, 5) is 16.4. The van der Waals surface area contributed by atoms with E-state index in [4.69, 9.17) is 37.1 Å². The number of nitrogens with one attached hydrogen (secondary N) is 1. The van der Waals surface area contributed by atoms with Crippen molar-refractivity contribution >= 4 is 58.2 Å². The van der Waals surface area contributed by atoms with Gasteiger partial charge in [0.25, 0.3) is 11.1 Å². The molecule has 0 radical (unpaired) electrons. The van der Waals surface area contributed by atoms with E-state index in [1.807, 2.05) is 30.3 Å². The number of fused-ring (bicyclic) bond motifs is 1. The van der Waals surface area contributed by atoms with Crippen molar-refractivity contribution in [1.29, 1.82) is 0 Å². The number of rotatable bonds is 9. The number of benzene rings is 3. The van der Waals surface area contributed by atoms with E-state index in [9.17, 15) is 4.79 Å². The first kappa shape index (κ1) is 23.9. The molecule has 0 spiro atoms. The van der Waals surface area contributed by atoms with E-state index in [0.717, 1.165) is 16.6 Å². The lowest BCUT2D eigenvalue weighted by atomic mass is 10.2. The van der Waals surface area contributed by atoms with Crippen molar-refractivity contribution < 1.29 is 18.7 Å². The summed E-state index contributed by atoms with van der Waals surface area (Å²) in [6, 6.07) is 18.1. The van der Waals surface area contributed by atoms with Crippen molar-refractivity contribution in [3.05, 3.63) is 81.8 Å². The van der Waals surface area contributed by atoms with E-state index in [0.29, 0.717) is 39.0 Å². The molecular formula is C24H19Cl2N3O4S. The lowest BCUT2D eigenvalue weighted by Gasteiger charge is -2.11. The summed E-state index contributed by atoms with van der Waals surface area (Å²) in [6.45, 7) is 0.300. The van der Waals surface area contributed by atoms with Crippen molar-refractivity contribution in [3.8, 4) is 11.5 Å². The van der Waals surface area contributed by atoms with Gasteiger partial charge in [-0.2, -0.15) is 5.10 Å². The molecule has 0 bridgehead atoms. The minimum Gasteiger partial charge on any atom is -0.493 e. The smallest absolute Gasteiger partial charge is 0.257 e. The van der Waals surface area contributed by atoms with Crippen LogP contribution in [0.2, 0.25) is 10.0 Å². The Labute approximate surface area is 210 Å². The second kappa shape index (κ2) is 11.3. The average Bonchev–Trinajstić information content (AvgIpc) is 3.27. The van der Waals surface area contributed by atoms with Crippen LogP contribution in [-0.2, 0) is 11.4 Å². The van der Waals surface area contributed by atoms with Gasteiger partial charge in [-0.3, -0.25) is 4.79 Å². The number of amides is 1. The summed E-state index contributed by atoms with van der Waals surface area (Å²) in [5, 5.41) is 5.39. The third-order valence-electron chi connectivity index (χ3n) is 4.57. The Hall–Kier alpha value is -3.20. The minimum atomic E-state index is -0.281. The third-order valence-corrected chi connectivity index (χ3v) is 6.14. The molecule has 0 unspecified atom stereocenters. The van der Waals surface area contributed by atoms with Gasteiger partial charge in [-0.15, -0.1) is 0 Å². The number of aromatic nitrogens is 1. The van der Waals surface area contributed by atoms with Crippen molar-refractivity contribution in [3.63, 3.8) is 0 Å². The molecule has 4 aromatic rings. The second-order valence-electron chi connectivity index (χ2n) is 6.98. The zero-order valence-electron chi connectivity index (χ0n) is 18.0. The maximum atomic E-state index is 12.1. The molecule has 1 aromatic heterocycles. The van der Waals surface area contributed by atoms with Gasteiger partial charge in [0.15, 0.2) is 17.1 Å². The van der Waals surface area contributed by atoms with E-state index in [-0.39, 0.29) is 11.7 Å². The molecule has 1 N–H and O–H groups in total. The second-order valence-corrected chi connectivity index (χ2v) is 8.72. The van der Waals surface area contributed by atoms with Gasteiger partial charge in [-0.25, -0.2) is 10.4 Å². The fraction of sp³-hybridized carbons (Fsp3) is 0.125. The van der Waals surface area contributed by atoms with Crippen LogP contribution in [0.25, 0.3) is 11.1 Å². The van der Waals surface area contributed by atoms with Crippen LogP contribution in [0.1, 0.15) is 11.1 Å². The number of nitrogens with zero attached hydrogens (tertiary/aromatic N) is 2. The van der Waals surface area contributed by atoms with E-state index in [1.165, 1.54) is 18.0 Å². The van der Waals surface area contributed by atoms with Gasteiger partial charge >= 0.3 is 0 Å². The Bertz CT molecular complexity index is 1310. The van der Waals surface area contributed by atoms with Crippen LogP contribution >= 0.6 is 35.0 Å². The van der Waals surface area contributed by atoms with Crippen molar-refractivity contribution in [1.82, 2.24) is 10.4 Å². The normalized spacial score (nSPS) is 11.1. The van der Waals surface area contributed by atoms with E-state index in [2.05, 4.69) is 15.5 Å². The summed E-state index contributed by atoms with van der Waals surface area (Å²) >= 11 is 13.2. The van der Waals surface area contributed by atoms with Crippen LogP contribution in [0.4, 0.5) is 0 Å². The monoisotopic (exact) mass is 515 g/mol. The molecule has 0 atom stereocenters. The minimum absolute atomic E-state index is 0.120. The van der Waals surface area contributed by atoms with Crippen molar-refractivity contribution in [2.45, 2.75) is 11.8 Å². The first-order valence-electron chi connectivity index (χ1n) is 10.1. The number of carbonyl (C=O) groups excluding carboxylic acids is 1. The maximum Gasteiger partial charge on any atom is 0.257 e. The molecule has 4 rings (SSSR count). The Kier molecular flexibility index (Phi) is 7.95. The molecule has 1 heterocycles. The van der Waals surface area contributed by atoms with Gasteiger partial charge in [-0.05, 0) is 53.6 Å². The number of hydrogen-bond donors (Lipinski definition) is 1. The van der Waals surface area contributed by atoms with Crippen LogP contribution in [0.5, 0.6) is 11.5 Å². The lowest BCUT2D eigenvalue weighted by Crippen LogP contribution is -2.19. The molecule has 3 aromatic carbocycles. The van der Waals surface area contributed by atoms with Crippen LogP contribution in [0.3, 0.4) is 0 Å². The van der Waals surface area contributed by atoms with Gasteiger partial charge in [0.1, 0.15) is 12.1 Å². The topological polar surface area (TPSA) is 86.0 Å². The number of halogens is 2. The van der Waals surface area contributed by atoms with Gasteiger partial charge in [0, 0.05) is 0 Å². The number of ether oxygens (including phenoxy) is 2. The summed E-state index contributed by atoms with van der Waals surface area (Å²) in [7, 11) is 1.55. The molecule has 0 saturated carbocycles. The Balaban J connectivity index is 1.29. The molecule has 0 aliphatic carbocycles. The maximum absolute atomic E-state index is 12.1. The SMILES string of the molecule is COc1cc(/C=N\NC(=O)CSc2nc3ccccc3o2)ccc1OCc1ccc(Cl)c(Cl)c1. The standard InChI is InChI=1S/C24H19Cl2N3O4S/c1-31-22-11-15(7-9-21(22)32-13-16-6-8-17(25)18(26)10-16)12-27-29-23(30)14-34-24-28-19-4-2-3-5-20(19)33-24/h2-12H,13-14H2,1H3,(H,29,30)/b27-12-. The highest BCUT2D eigenvalue weighted by atomic mass is 35.5. The Morgan fingerprint density at radius 3 is 2.76 bits per heavy atom. The molecule has 0 aliphatic rings. The number of para-hydroxylation sites is 2. The van der Waals surface area contributed by atoms with Crippen molar-refractivity contribution in [2.75, 3.05) is 12.9 Å². The first-order chi connectivity index (χ1) is 16.5. The predicted octanol–water partition coefficient (Wildman–Crippen LogP) is 5.96. The van der Waals surface area contributed by atoms with Gasteiger partial charge < -0.3 is 13.9 Å². The quantitative estimate of drug-likeness (QED) is 0.168. The number of methoxy groups -OCH3 is 1.